The van der Waals surface area contributed by atoms with E-state index in [1.54, 1.807) is 21.3 Å². The van der Waals surface area contributed by atoms with Crippen LogP contribution in [0.4, 0.5) is 0 Å². The average molecular weight is 741 g/mol. The lowest BCUT2D eigenvalue weighted by molar-refractivity contribution is 0.366. The second kappa shape index (κ2) is 15.8. The number of aryl methyl sites for hydroxylation is 9. The maximum absolute atomic E-state index is 6.31. The molecule has 0 aliphatic heterocycles. The number of rotatable bonds is 10. The second-order valence-electron chi connectivity index (χ2n) is 14.3. The largest absolute Gasteiger partial charge is 0.481 e. The van der Waals surface area contributed by atoms with Crippen LogP contribution in [-0.2, 0) is 0 Å². The number of nitrogens with zero attached hydrogens (tertiary/aromatic N) is 2. The van der Waals surface area contributed by atoms with Gasteiger partial charge in [-0.05, 0) is 105 Å². The summed E-state index contributed by atoms with van der Waals surface area (Å²) >= 11 is 0. The minimum atomic E-state index is -1.16. The Morgan fingerprint density at radius 3 is 0.962 bits per heavy atom. The van der Waals surface area contributed by atoms with Crippen molar-refractivity contribution in [2.75, 3.05) is 21.3 Å². The summed E-state index contributed by atoms with van der Waals surface area (Å²) in [4.78, 5) is 10.0. The smallest absolute Gasteiger partial charge is 0.225 e. The molecule has 7 heteroatoms. The molecule has 0 radical (unpaired) electrons. The van der Waals surface area contributed by atoms with Crippen molar-refractivity contribution in [2.45, 2.75) is 62.3 Å². The van der Waals surface area contributed by atoms with E-state index in [1.165, 1.54) is 65.7 Å². The Hall–Kier alpha value is -4.56. The van der Waals surface area contributed by atoms with Crippen LogP contribution in [0.1, 0.15) is 50.2 Å². The van der Waals surface area contributed by atoms with Crippen LogP contribution < -0.4 is 46.0 Å². The second-order valence-corrected chi connectivity index (χ2v) is 18.7. The summed E-state index contributed by atoms with van der Waals surface area (Å²) in [6, 6.07) is 32.0. The molecule has 0 atom stereocenters. The van der Waals surface area contributed by atoms with Gasteiger partial charge >= 0.3 is 0 Å². The van der Waals surface area contributed by atoms with E-state index in [1.807, 2.05) is 0 Å². The van der Waals surface area contributed by atoms with E-state index < -0.39 is 15.8 Å². The Labute approximate surface area is 318 Å². The fraction of sp³-hybridized carbons (Fsp3) is 0.261. The molecule has 0 aliphatic rings. The van der Waals surface area contributed by atoms with Gasteiger partial charge in [-0.15, -0.1) is 0 Å². The molecule has 0 bridgehead atoms. The van der Waals surface area contributed by atoms with E-state index in [0.717, 1.165) is 27.4 Å². The molecule has 2 heterocycles. The van der Waals surface area contributed by atoms with Crippen LogP contribution in [0.3, 0.4) is 0 Å². The standard InChI is InChI=1S/C46H50N2O3P2/c1-27-13-28(2)18-36(17-27)52(37-19-29(3)14-30(4)20-37)40-25-35(9)47-45(50-11)43(40)44-41(26-42(49-10)48-46(44)51-12)53(38-21-31(5)15-32(6)22-38)39-23-33(7)16-34(8)24-39/h13-26H,1-12H3. The van der Waals surface area contributed by atoms with E-state index >= 15 is 0 Å². The number of pyridine rings is 2. The zero-order chi connectivity index (χ0) is 38.1. The predicted molar refractivity (Wildman–Crippen MR) is 227 cm³/mol. The summed E-state index contributed by atoms with van der Waals surface area (Å²) in [5, 5.41) is 7.23. The summed E-state index contributed by atoms with van der Waals surface area (Å²) in [7, 11) is 2.80. The van der Waals surface area contributed by atoms with E-state index in [0.29, 0.717) is 17.6 Å². The third-order valence-corrected chi connectivity index (χ3v) is 14.0. The Bertz CT molecular complexity index is 2150. The lowest BCUT2D eigenvalue weighted by Gasteiger charge is -2.29. The lowest BCUT2D eigenvalue weighted by atomic mass is 10.1. The van der Waals surface area contributed by atoms with E-state index in [4.69, 9.17) is 24.2 Å². The Morgan fingerprint density at radius 1 is 0.358 bits per heavy atom. The molecule has 0 saturated carbocycles. The van der Waals surface area contributed by atoms with Crippen molar-refractivity contribution in [3.8, 4) is 28.8 Å². The molecule has 6 aromatic rings. The van der Waals surface area contributed by atoms with Gasteiger partial charge in [0.2, 0.25) is 17.6 Å². The molecule has 0 fully saturated rings. The number of hydrogen-bond donors (Lipinski definition) is 0. The summed E-state index contributed by atoms with van der Waals surface area (Å²) in [6.07, 6.45) is 0. The Balaban J connectivity index is 1.81. The van der Waals surface area contributed by atoms with Crippen molar-refractivity contribution in [1.29, 1.82) is 0 Å². The Kier molecular flexibility index (Phi) is 11.4. The molecule has 4 aromatic carbocycles. The molecule has 0 N–H and O–H groups in total. The van der Waals surface area contributed by atoms with Gasteiger partial charge in [0.15, 0.2) is 0 Å². The van der Waals surface area contributed by atoms with Crippen molar-refractivity contribution in [3.63, 3.8) is 0 Å². The first-order chi connectivity index (χ1) is 25.3. The van der Waals surface area contributed by atoms with Gasteiger partial charge in [0.25, 0.3) is 0 Å². The monoisotopic (exact) mass is 740 g/mol. The Morgan fingerprint density at radius 2 is 0.660 bits per heavy atom. The van der Waals surface area contributed by atoms with Gasteiger partial charge in [0.1, 0.15) is 0 Å². The summed E-state index contributed by atoms with van der Waals surface area (Å²) < 4.78 is 18.5. The number of methoxy groups -OCH3 is 3. The van der Waals surface area contributed by atoms with Gasteiger partial charge in [-0.25, -0.2) is 4.98 Å². The summed E-state index contributed by atoms with van der Waals surface area (Å²) in [5.41, 5.74) is 12.4. The van der Waals surface area contributed by atoms with Crippen LogP contribution in [0.5, 0.6) is 17.6 Å². The quantitative estimate of drug-likeness (QED) is 0.132. The van der Waals surface area contributed by atoms with Crippen LogP contribution in [0.15, 0.2) is 84.9 Å². The van der Waals surface area contributed by atoms with Crippen LogP contribution in [0.25, 0.3) is 11.1 Å². The highest BCUT2D eigenvalue weighted by Gasteiger charge is 2.33. The van der Waals surface area contributed by atoms with Crippen molar-refractivity contribution in [2.24, 2.45) is 0 Å². The number of ether oxygens (including phenoxy) is 3. The molecule has 53 heavy (non-hydrogen) atoms. The van der Waals surface area contributed by atoms with E-state index in [2.05, 4.69) is 147 Å². The van der Waals surface area contributed by atoms with Crippen LogP contribution in [-0.4, -0.2) is 31.3 Å². The first-order valence-electron chi connectivity index (χ1n) is 17.9. The molecule has 0 saturated heterocycles. The van der Waals surface area contributed by atoms with Crippen molar-refractivity contribution in [3.05, 3.63) is 135 Å². The van der Waals surface area contributed by atoms with Gasteiger partial charge in [-0.3, -0.25) is 0 Å². The van der Waals surface area contributed by atoms with Crippen molar-refractivity contribution >= 4 is 47.7 Å². The molecule has 0 aliphatic carbocycles. The van der Waals surface area contributed by atoms with Gasteiger partial charge in [0.05, 0.1) is 32.5 Å². The topological polar surface area (TPSA) is 53.5 Å². The highest BCUT2D eigenvalue weighted by atomic mass is 31.1. The van der Waals surface area contributed by atoms with E-state index in [9.17, 15) is 0 Å². The zero-order valence-corrected chi connectivity index (χ0v) is 34.9. The zero-order valence-electron chi connectivity index (χ0n) is 33.1. The van der Waals surface area contributed by atoms with Gasteiger partial charge < -0.3 is 14.2 Å². The number of benzene rings is 4. The number of aromatic nitrogens is 2. The normalized spacial score (nSPS) is 11.4. The third-order valence-electron chi connectivity index (χ3n) is 9.22. The highest BCUT2D eigenvalue weighted by Crippen LogP contribution is 2.47. The lowest BCUT2D eigenvalue weighted by Crippen LogP contribution is -2.28. The molecule has 0 amide bonds. The maximum Gasteiger partial charge on any atom is 0.225 e. The maximum atomic E-state index is 6.31. The molecule has 5 nitrogen and oxygen atoms in total. The van der Waals surface area contributed by atoms with Crippen LogP contribution >= 0.6 is 15.8 Å². The van der Waals surface area contributed by atoms with Crippen molar-refractivity contribution in [1.82, 2.24) is 9.97 Å². The SMILES string of the molecule is COc1cc(P(c2cc(C)cc(C)c2)c2cc(C)cc(C)c2)c(-c2c(P(c3cc(C)cc(C)c3)c3cc(C)cc(C)c3)cc(C)nc2OC)c(OC)n1. The minimum Gasteiger partial charge on any atom is -0.481 e. The fourth-order valence-electron chi connectivity index (χ4n) is 7.51. The summed E-state index contributed by atoms with van der Waals surface area (Å²) in [5.74, 6) is 1.51. The highest BCUT2D eigenvalue weighted by molar-refractivity contribution is 7.80. The molecule has 272 valence electrons. The molecule has 2 aromatic heterocycles. The molecular formula is C46H50N2O3P2. The summed E-state index contributed by atoms with van der Waals surface area (Å²) in [6.45, 7) is 19.5. The van der Waals surface area contributed by atoms with Gasteiger partial charge in [0, 0.05) is 22.4 Å². The molecule has 0 unspecified atom stereocenters. The average Bonchev–Trinajstić information content (AvgIpc) is 3.06. The van der Waals surface area contributed by atoms with Gasteiger partial charge in [-0.2, -0.15) is 4.98 Å². The van der Waals surface area contributed by atoms with Gasteiger partial charge in [-0.1, -0.05) is 117 Å². The first kappa shape index (κ1) is 38.2. The third kappa shape index (κ3) is 8.18. The molecule has 0 spiro atoms. The van der Waals surface area contributed by atoms with Crippen LogP contribution in [0.2, 0.25) is 0 Å². The van der Waals surface area contributed by atoms with E-state index in [-0.39, 0.29) is 0 Å². The predicted octanol–water partition coefficient (Wildman–Crippen LogP) is 8.46. The fourth-order valence-corrected chi connectivity index (χ4v) is 13.3. The molecular weight excluding hydrogens is 690 g/mol. The number of hydrogen-bond acceptors (Lipinski definition) is 5. The van der Waals surface area contributed by atoms with Crippen LogP contribution in [0, 0.1) is 62.3 Å². The molecule has 6 rings (SSSR count). The van der Waals surface area contributed by atoms with Crippen molar-refractivity contribution < 1.29 is 14.2 Å². The first-order valence-corrected chi connectivity index (χ1v) is 20.6. The minimum absolute atomic E-state index is 0.474.